The third kappa shape index (κ3) is 4.97. The highest BCUT2D eigenvalue weighted by Gasteiger charge is 2.28. The van der Waals surface area contributed by atoms with Gasteiger partial charge in [-0.2, -0.15) is 13.2 Å². The normalized spacial score (nSPS) is 15.7. The van der Waals surface area contributed by atoms with E-state index in [0.717, 1.165) is 0 Å². The molecule has 1 fully saturated rings. The Morgan fingerprint density at radius 1 is 1.43 bits per heavy atom. The summed E-state index contributed by atoms with van der Waals surface area (Å²) in [6.07, 6.45) is 0.728. The van der Waals surface area contributed by atoms with Crippen LogP contribution in [0, 0.1) is 12.8 Å². The number of benzene rings is 1. The Morgan fingerprint density at radius 3 is 2.70 bits per heavy atom. The fourth-order valence-corrected chi connectivity index (χ4v) is 2.35. The SMILES string of the molecule is Cc1cc(N)c(C=NCC2CCC2)cc1C(=O)NCC(F)(F)F. The Balaban J connectivity index is 2.09. The predicted octanol–water partition coefficient (Wildman–Crippen LogP) is 3.09. The second-order valence-corrected chi connectivity index (χ2v) is 5.89. The first-order chi connectivity index (χ1) is 10.8. The number of nitrogens with zero attached hydrogens (tertiary/aromatic N) is 1. The molecule has 0 heterocycles. The summed E-state index contributed by atoms with van der Waals surface area (Å²) < 4.78 is 36.6. The molecular formula is C16H20F3N3O. The summed E-state index contributed by atoms with van der Waals surface area (Å²) in [6, 6.07) is 3.06. The summed E-state index contributed by atoms with van der Waals surface area (Å²) in [7, 11) is 0. The first-order valence-electron chi connectivity index (χ1n) is 7.51. The molecule has 2 rings (SSSR count). The predicted molar refractivity (Wildman–Crippen MR) is 83.8 cm³/mol. The third-order valence-electron chi connectivity index (χ3n) is 3.94. The van der Waals surface area contributed by atoms with Gasteiger partial charge in [0.05, 0.1) is 0 Å². The largest absolute Gasteiger partial charge is 0.405 e. The van der Waals surface area contributed by atoms with Crippen LogP contribution in [0.15, 0.2) is 17.1 Å². The van der Waals surface area contributed by atoms with E-state index in [1.165, 1.54) is 25.3 Å². The van der Waals surface area contributed by atoms with Crippen LogP contribution in [-0.4, -0.2) is 31.4 Å². The first kappa shape index (κ1) is 17.3. The molecule has 1 aromatic carbocycles. The number of carbonyl (C=O) groups is 1. The average molecular weight is 327 g/mol. The fraction of sp³-hybridized carbons (Fsp3) is 0.500. The molecule has 0 bridgehead atoms. The molecule has 0 radical (unpaired) electrons. The molecule has 0 aliphatic heterocycles. The van der Waals surface area contributed by atoms with Crippen molar-refractivity contribution in [3.05, 3.63) is 28.8 Å². The van der Waals surface area contributed by atoms with E-state index in [1.54, 1.807) is 19.2 Å². The zero-order valence-corrected chi connectivity index (χ0v) is 12.9. The number of aryl methyl sites for hydroxylation is 1. The third-order valence-corrected chi connectivity index (χ3v) is 3.94. The van der Waals surface area contributed by atoms with Gasteiger partial charge in [-0.3, -0.25) is 9.79 Å². The van der Waals surface area contributed by atoms with E-state index in [0.29, 0.717) is 29.3 Å². The van der Waals surface area contributed by atoms with Crippen molar-refractivity contribution in [3.8, 4) is 0 Å². The topological polar surface area (TPSA) is 67.5 Å². The number of rotatable bonds is 5. The number of nitrogen functional groups attached to an aromatic ring is 1. The van der Waals surface area contributed by atoms with Gasteiger partial charge in [-0.05, 0) is 43.4 Å². The minimum atomic E-state index is -4.44. The van der Waals surface area contributed by atoms with Gasteiger partial charge < -0.3 is 11.1 Å². The molecule has 23 heavy (non-hydrogen) atoms. The van der Waals surface area contributed by atoms with Crippen LogP contribution in [-0.2, 0) is 0 Å². The molecule has 1 aromatic rings. The van der Waals surface area contributed by atoms with Gasteiger partial charge in [-0.1, -0.05) is 6.42 Å². The van der Waals surface area contributed by atoms with Crippen LogP contribution in [0.4, 0.5) is 18.9 Å². The van der Waals surface area contributed by atoms with Crippen LogP contribution in [0.5, 0.6) is 0 Å². The summed E-state index contributed by atoms with van der Waals surface area (Å²) in [5.74, 6) is -0.166. The van der Waals surface area contributed by atoms with E-state index >= 15 is 0 Å². The Kier molecular flexibility index (Phi) is 5.28. The number of amides is 1. The molecule has 0 unspecified atom stereocenters. The molecule has 0 aromatic heterocycles. The van der Waals surface area contributed by atoms with Gasteiger partial charge in [-0.25, -0.2) is 0 Å². The minimum absolute atomic E-state index is 0.175. The Bertz CT molecular complexity index is 607. The molecule has 0 spiro atoms. The van der Waals surface area contributed by atoms with E-state index in [1.807, 2.05) is 5.32 Å². The summed E-state index contributed by atoms with van der Waals surface area (Å²) in [5.41, 5.74) is 7.59. The van der Waals surface area contributed by atoms with Crippen LogP contribution < -0.4 is 11.1 Å². The number of hydrogen-bond donors (Lipinski definition) is 2. The van der Waals surface area contributed by atoms with Crippen LogP contribution in [0.2, 0.25) is 0 Å². The number of alkyl halides is 3. The van der Waals surface area contributed by atoms with Crippen LogP contribution in [0.1, 0.15) is 40.7 Å². The standard InChI is InChI=1S/C16H20F3N3O/c1-10-5-14(20)12(8-21-7-11-3-2-4-11)6-13(10)15(23)22-9-16(17,18)19/h5-6,8,11H,2-4,7,9,20H2,1H3,(H,22,23). The highest BCUT2D eigenvalue weighted by atomic mass is 19.4. The number of halogens is 3. The molecule has 0 saturated heterocycles. The van der Waals surface area contributed by atoms with Crippen molar-refractivity contribution in [2.24, 2.45) is 10.9 Å². The quantitative estimate of drug-likeness (QED) is 0.644. The Morgan fingerprint density at radius 2 is 2.13 bits per heavy atom. The lowest BCUT2D eigenvalue weighted by Crippen LogP contribution is -2.34. The van der Waals surface area contributed by atoms with Crippen LogP contribution in [0.3, 0.4) is 0 Å². The summed E-state index contributed by atoms with van der Waals surface area (Å²) >= 11 is 0. The second kappa shape index (κ2) is 7.02. The molecule has 4 nitrogen and oxygen atoms in total. The lowest BCUT2D eigenvalue weighted by Gasteiger charge is -2.22. The highest BCUT2D eigenvalue weighted by Crippen LogP contribution is 2.26. The zero-order valence-electron chi connectivity index (χ0n) is 12.9. The summed E-state index contributed by atoms with van der Waals surface area (Å²) in [6.45, 7) is 0.984. The number of hydrogen-bond acceptors (Lipinski definition) is 3. The number of aliphatic imine (C=N–C) groups is 1. The second-order valence-electron chi connectivity index (χ2n) is 5.89. The zero-order chi connectivity index (χ0) is 17.0. The number of nitrogens with one attached hydrogen (secondary N) is 1. The van der Waals surface area contributed by atoms with Gasteiger partial charge in [-0.15, -0.1) is 0 Å². The minimum Gasteiger partial charge on any atom is -0.398 e. The van der Waals surface area contributed by atoms with E-state index in [-0.39, 0.29) is 5.56 Å². The van der Waals surface area contributed by atoms with Gasteiger partial charge in [0.15, 0.2) is 0 Å². The molecule has 7 heteroatoms. The van der Waals surface area contributed by atoms with E-state index in [4.69, 9.17) is 5.73 Å². The highest BCUT2D eigenvalue weighted by molar-refractivity contribution is 5.99. The first-order valence-corrected chi connectivity index (χ1v) is 7.51. The number of carbonyl (C=O) groups excluding carboxylic acids is 1. The van der Waals surface area contributed by atoms with Crippen molar-refractivity contribution < 1.29 is 18.0 Å². The van der Waals surface area contributed by atoms with Crippen LogP contribution in [0.25, 0.3) is 0 Å². The molecule has 1 aliphatic rings. The van der Waals surface area contributed by atoms with E-state index in [9.17, 15) is 18.0 Å². The molecule has 1 saturated carbocycles. The average Bonchev–Trinajstić information content (AvgIpc) is 2.40. The van der Waals surface area contributed by atoms with Crippen molar-refractivity contribution in [2.75, 3.05) is 18.8 Å². The molecule has 126 valence electrons. The lowest BCUT2D eigenvalue weighted by atomic mass is 9.86. The van der Waals surface area contributed by atoms with Gasteiger partial charge in [0.2, 0.25) is 0 Å². The smallest absolute Gasteiger partial charge is 0.398 e. The Hall–Kier alpha value is -2.05. The maximum atomic E-state index is 12.2. The van der Waals surface area contributed by atoms with Crippen LogP contribution >= 0.6 is 0 Å². The monoisotopic (exact) mass is 327 g/mol. The number of nitrogens with two attached hydrogens (primary N) is 1. The van der Waals surface area contributed by atoms with E-state index in [2.05, 4.69) is 4.99 Å². The van der Waals surface area contributed by atoms with Crippen molar-refractivity contribution in [1.82, 2.24) is 5.32 Å². The molecule has 1 aliphatic carbocycles. The summed E-state index contributed by atoms with van der Waals surface area (Å²) in [4.78, 5) is 16.2. The van der Waals surface area contributed by atoms with Crippen molar-refractivity contribution in [1.29, 1.82) is 0 Å². The number of anilines is 1. The molecule has 1 amide bonds. The van der Waals surface area contributed by atoms with Crippen molar-refractivity contribution >= 4 is 17.8 Å². The Labute approximate surface area is 133 Å². The molecule has 3 N–H and O–H groups in total. The van der Waals surface area contributed by atoms with Gasteiger partial charge in [0.1, 0.15) is 6.54 Å². The maximum absolute atomic E-state index is 12.2. The van der Waals surface area contributed by atoms with E-state index < -0.39 is 18.6 Å². The van der Waals surface area contributed by atoms with Gasteiger partial charge >= 0.3 is 6.18 Å². The molecular weight excluding hydrogens is 307 g/mol. The molecule has 0 atom stereocenters. The fourth-order valence-electron chi connectivity index (χ4n) is 2.35. The summed E-state index contributed by atoms with van der Waals surface area (Å²) in [5, 5.41) is 1.87. The lowest BCUT2D eigenvalue weighted by molar-refractivity contribution is -0.123. The van der Waals surface area contributed by atoms with Gasteiger partial charge in [0.25, 0.3) is 5.91 Å². The van der Waals surface area contributed by atoms with Crippen molar-refractivity contribution in [2.45, 2.75) is 32.4 Å². The van der Waals surface area contributed by atoms with Gasteiger partial charge in [0, 0.05) is 29.6 Å². The van der Waals surface area contributed by atoms with Crippen molar-refractivity contribution in [3.63, 3.8) is 0 Å². The maximum Gasteiger partial charge on any atom is 0.405 e.